The molecule has 1 amide bonds. The minimum absolute atomic E-state index is 0.0363. The van der Waals surface area contributed by atoms with Gasteiger partial charge in [0.25, 0.3) is 15.9 Å². The third-order valence-corrected chi connectivity index (χ3v) is 7.57. The average molecular weight is 462 g/mol. The number of rotatable bonds is 8. The zero-order valence-corrected chi connectivity index (χ0v) is 18.2. The molecule has 2 aromatic rings. The summed E-state index contributed by atoms with van der Waals surface area (Å²) >= 11 is 5.98. The van der Waals surface area contributed by atoms with Crippen LogP contribution in [0.1, 0.15) is 15.9 Å². The van der Waals surface area contributed by atoms with Gasteiger partial charge < -0.3 is 5.32 Å². The van der Waals surface area contributed by atoms with E-state index in [1.54, 1.807) is 12.1 Å². The quantitative estimate of drug-likeness (QED) is 0.572. The molecule has 29 heavy (non-hydrogen) atoms. The molecule has 0 atom stereocenters. The Kier molecular flexibility index (Phi) is 7.38. The van der Waals surface area contributed by atoms with Gasteiger partial charge >= 0.3 is 0 Å². The molecule has 0 radical (unpaired) electrons. The molecule has 2 rings (SSSR count). The molecule has 0 bridgehead atoms. The van der Waals surface area contributed by atoms with E-state index in [1.165, 1.54) is 45.5 Å². The molecule has 0 unspecified atom stereocenters. The molecule has 158 valence electrons. The molecule has 2 aromatic carbocycles. The molecule has 0 aliphatic carbocycles. The molecule has 12 heteroatoms. The highest BCUT2D eigenvalue weighted by molar-refractivity contribution is 7.89. The van der Waals surface area contributed by atoms with Gasteiger partial charge in [0.1, 0.15) is 4.90 Å². The van der Waals surface area contributed by atoms with Crippen molar-refractivity contribution < 1.29 is 26.5 Å². The van der Waals surface area contributed by atoms with E-state index < -0.39 is 26.0 Å². The molecule has 0 spiro atoms. The molecule has 0 aliphatic heterocycles. The van der Waals surface area contributed by atoms with Crippen molar-refractivity contribution in [1.29, 1.82) is 0 Å². The van der Waals surface area contributed by atoms with E-state index in [0.717, 1.165) is 6.07 Å². The van der Waals surface area contributed by atoms with E-state index >= 15 is 0 Å². The minimum Gasteiger partial charge on any atom is -0.348 e. The van der Waals surface area contributed by atoms with E-state index in [2.05, 4.69) is 10.0 Å². The Hall–Kier alpha value is -2.02. The molecule has 0 aromatic heterocycles. The van der Waals surface area contributed by atoms with Crippen molar-refractivity contribution in [2.24, 2.45) is 0 Å². The largest absolute Gasteiger partial charge is 0.348 e. The Balaban J connectivity index is 2.23. The van der Waals surface area contributed by atoms with Gasteiger partial charge in [-0.05, 0) is 42.9 Å². The maximum atomic E-state index is 12.5. The maximum absolute atomic E-state index is 12.5. The van der Waals surface area contributed by atoms with Crippen molar-refractivity contribution in [3.8, 4) is 0 Å². The molecule has 2 N–H and O–H groups in total. The van der Waals surface area contributed by atoms with Gasteiger partial charge in [-0.1, -0.05) is 28.2 Å². The molecule has 9 nitrogen and oxygen atoms in total. The Morgan fingerprint density at radius 3 is 2.45 bits per heavy atom. The van der Waals surface area contributed by atoms with Gasteiger partial charge in [0, 0.05) is 19.2 Å². The summed E-state index contributed by atoms with van der Waals surface area (Å²) in [7, 11) is -3.97. The van der Waals surface area contributed by atoms with Gasteiger partial charge in [0.2, 0.25) is 10.0 Å². The minimum atomic E-state index is -4.04. The highest BCUT2D eigenvalue weighted by atomic mass is 35.5. The molecule has 0 heterocycles. The van der Waals surface area contributed by atoms with Crippen LogP contribution in [0, 0.1) is 0 Å². The van der Waals surface area contributed by atoms with Crippen LogP contribution in [0.25, 0.3) is 0 Å². The summed E-state index contributed by atoms with van der Waals surface area (Å²) in [5.41, 5.74) is 0.618. The monoisotopic (exact) mass is 461 g/mol. The molecule has 0 aliphatic rings. The van der Waals surface area contributed by atoms with Crippen molar-refractivity contribution in [3.63, 3.8) is 0 Å². The van der Waals surface area contributed by atoms with Crippen LogP contribution in [-0.4, -0.2) is 48.4 Å². The third kappa shape index (κ3) is 5.32. The van der Waals surface area contributed by atoms with E-state index in [1.807, 2.05) is 0 Å². The Morgan fingerprint density at radius 2 is 1.83 bits per heavy atom. The van der Waals surface area contributed by atoms with Crippen molar-refractivity contribution in [2.45, 2.75) is 16.3 Å². The summed E-state index contributed by atoms with van der Waals surface area (Å²) in [6.45, 7) is 0.0363. The number of carbonyl (C=O) groups excluding carboxylic acids is 1. The van der Waals surface area contributed by atoms with Gasteiger partial charge in [0.05, 0.1) is 17.0 Å². The topological polar surface area (TPSA) is 122 Å². The molecule has 0 fully saturated rings. The van der Waals surface area contributed by atoms with Crippen molar-refractivity contribution in [2.75, 3.05) is 21.2 Å². The molecular formula is C17H20ClN3O6S2. The fourth-order valence-electron chi connectivity index (χ4n) is 2.30. The third-order valence-electron chi connectivity index (χ3n) is 4.00. The number of carbonyl (C=O) groups is 1. The first-order valence-corrected chi connectivity index (χ1v) is 11.5. The van der Waals surface area contributed by atoms with Crippen LogP contribution in [0.3, 0.4) is 0 Å². The molecular weight excluding hydrogens is 442 g/mol. The van der Waals surface area contributed by atoms with E-state index in [-0.39, 0.29) is 26.9 Å². The van der Waals surface area contributed by atoms with E-state index in [4.69, 9.17) is 16.4 Å². The van der Waals surface area contributed by atoms with Crippen LogP contribution in [-0.2, 0) is 31.4 Å². The second-order valence-corrected chi connectivity index (χ2v) is 9.98. The number of amides is 1. The van der Waals surface area contributed by atoms with Crippen LogP contribution in [0.2, 0.25) is 5.02 Å². The smallest absolute Gasteiger partial charge is 0.266 e. The number of sulfonamides is 2. The first-order chi connectivity index (χ1) is 13.5. The lowest BCUT2D eigenvalue weighted by atomic mass is 10.2. The summed E-state index contributed by atoms with van der Waals surface area (Å²) in [5, 5.41) is 2.56. The van der Waals surface area contributed by atoms with Crippen LogP contribution < -0.4 is 10.0 Å². The van der Waals surface area contributed by atoms with Crippen LogP contribution in [0.4, 0.5) is 0 Å². The van der Waals surface area contributed by atoms with Crippen molar-refractivity contribution in [1.82, 2.24) is 14.5 Å². The number of nitrogens with one attached hydrogen (secondary N) is 2. The van der Waals surface area contributed by atoms with Gasteiger partial charge in [-0.2, -0.15) is 0 Å². The number of hydrogen-bond acceptors (Lipinski definition) is 6. The summed E-state index contributed by atoms with van der Waals surface area (Å²) in [6.07, 6.45) is 0. The number of halogens is 1. The molecule has 0 saturated heterocycles. The van der Waals surface area contributed by atoms with E-state index in [0.29, 0.717) is 10.0 Å². The summed E-state index contributed by atoms with van der Waals surface area (Å²) < 4.78 is 51.4. The van der Waals surface area contributed by atoms with E-state index in [9.17, 15) is 21.6 Å². The Labute approximate surface area is 174 Å². The van der Waals surface area contributed by atoms with Crippen LogP contribution >= 0.6 is 11.6 Å². The van der Waals surface area contributed by atoms with Gasteiger partial charge in [-0.25, -0.2) is 21.6 Å². The Morgan fingerprint density at radius 1 is 1.14 bits per heavy atom. The predicted molar refractivity (Wildman–Crippen MR) is 107 cm³/mol. The molecule has 0 saturated carbocycles. The van der Waals surface area contributed by atoms with Crippen LogP contribution in [0.5, 0.6) is 0 Å². The van der Waals surface area contributed by atoms with Gasteiger partial charge in [-0.15, -0.1) is 0 Å². The summed E-state index contributed by atoms with van der Waals surface area (Å²) in [5.74, 6) is -0.555. The zero-order chi connectivity index (χ0) is 21.8. The Bertz CT molecular complexity index is 1120. The fraction of sp³-hybridized carbons (Fsp3) is 0.235. The van der Waals surface area contributed by atoms with Crippen molar-refractivity contribution >= 4 is 37.6 Å². The maximum Gasteiger partial charge on any atom is 0.266 e. The first kappa shape index (κ1) is 23.3. The summed E-state index contributed by atoms with van der Waals surface area (Å²) in [6, 6.07) is 9.89. The number of hydroxylamine groups is 1. The number of benzene rings is 2. The standard InChI is InChI=1S/C17H20ClN3O6S2/c1-19-28(23,24)14-6-4-5-12(9-14)11-20-17(22)13-7-8-15(18)16(10-13)29(25,26)21(2)27-3/h4-10,19H,11H2,1-3H3,(H,20,22). The lowest BCUT2D eigenvalue weighted by molar-refractivity contribution is -0.0258. The van der Waals surface area contributed by atoms with Crippen LogP contribution in [0.15, 0.2) is 52.3 Å². The summed E-state index contributed by atoms with van der Waals surface area (Å²) in [4.78, 5) is 17.0. The normalized spacial score (nSPS) is 12.2. The highest BCUT2D eigenvalue weighted by Gasteiger charge is 2.25. The predicted octanol–water partition coefficient (Wildman–Crippen LogP) is 1.36. The lowest BCUT2D eigenvalue weighted by Crippen LogP contribution is -2.27. The SMILES string of the molecule is CNS(=O)(=O)c1cccc(CNC(=O)c2ccc(Cl)c(S(=O)(=O)N(C)OC)c2)c1. The van der Waals surface area contributed by atoms with Gasteiger partial charge in [0.15, 0.2) is 0 Å². The number of hydrogen-bond donors (Lipinski definition) is 2. The second kappa shape index (κ2) is 9.20. The fourth-order valence-corrected chi connectivity index (χ4v) is 4.58. The van der Waals surface area contributed by atoms with Gasteiger partial charge in [-0.3, -0.25) is 9.63 Å². The van der Waals surface area contributed by atoms with Crippen molar-refractivity contribution in [3.05, 3.63) is 58.6 Å². The first-order valence-electron chi connectivity index (χ1n) is 8.16. The second-order valence-electron chi connectivity index (χ2n) is 5.78. The zero-order valence-electron chi connectivity index (χ0n) is 15.8. The highest BCUT2D eigenvalue weighted by Crippen LogP contribution is 2.25. The number of nitrogens with zero attached hydrogens (tertiary/aromatic N) is 1. The lowest BCUT2D eigenvalue weighted by Gasteiger charge is -2.16. The average Bonchev–Trinajstić information content (AvgIpc) is 2.71.